The van der Waals surface area contributed by atoms with Crippen molar-refractivity contribution in [1.82, 2.24) is 14.7 Å². The van der Waals surface area contributed by atoms with E-state index in [2.05, 4.69) is 39.9 Å². The molecule has 0 spiro atoms. The SMILES string of the molecule is COCCNCc1c(N2CCCC2C)nc2ccccn12. The van der Waals surface area contributed by atoms with Gasteiger partial charge in [-0.2, -0.15) is 0 Å². The highest BCUT2D eigenvalue weighted by Crippen LogP contribution is 2.28. The minimum absolute atomic E-state index is 0.577. The molecule has 1 saturated heterocycles. The second-order valence-electron chi connectivity index (χ2n) is 5.67. The van der Waals surface area contributed by atoms with E-state index in [1.54, 1.807) is 7.11 Å². The molecule has 5 nitrogen and oxygen atoms in total. The maximum atomic E-state index is 5.10. The van der Waals surface area contributed by atoms with Crippen molar-refractivity contribution in [2.45, 2.75) is 32.4 Å². The topological polar surface area (TPSA) is 41.8 Å². The van der Waals surface area contributed by atoms with Gasteiger partial charge in [0.05, 0.1) is 12.3 Å². The summed E-state index contributed by atoms with van der Waals surface area (Å²) in [7, 11) is 1.73. The standard InChI is InChI=1S/C16H24N4O/c1-13-6-5-10-19(13)16-14(12-17-8-11-21-2)20-9-4-3-7-15(20)18-16/h3-4,7,9,13,17H,5-6,8,10-12H2,1-2H3. The second-order valence-corrected chi connectivity index (χ2v) is 5.67. The number of fused-ring (bicyclic) bond motifs is 1. The zero-order valence-corrected chi connectivity index (χ0v) is 12.9. The van der Waals surface area contributed by atoms with Crippen LogP contribution in [0.2, 0.25) is 0 Å². The first kappa shape index (κ1) is 14.4. The van der Waals surface area contributed by atoms with E-state index >= 15 is 0 Å². The Balaban J connectivity index is 1.90. The van der Waals surface area contributed by atoms with E-state index in [0.29, 0.717) is 6.04 Å². The molecule has 1 N–H and O–H groups in total. The smallest absolute Gasteiger partial charge is 0.152 e. The molecule has 5 heteroatoms. The fraction of sp³-hybridized carbons (Fsp3) is 0.562. The summed E-state index contributed by atoms with van der Waals surface area (Å²) in [5.74, 6) is 1.14. The average Bonchev–Trinajstić information content (AvgIpc) is 3.07. The van der Waals surface area contributed by atoms with Crippen molar-refractivity contribution in [3.05, 3.63) is 30.1 Å². The van der Waals surface area contributed by atoms with Gasteiger partial charge in [-0.25, -0.2) is 4.98 Å². The van der Waals surface area contributed by atoms with Crippen LogP contribution in [0.4, 0.5) is 5.82 Å². The number of nitrogens with zero attached hydrogens (tertiary/aromatic N) is 3. The predicted octanol–water partition coefficient (Wildman–Crippen LogP) is 2.06. The van der Waals surface area contributed by atoms with E-state index in [1.807, 2.05) is 6.07 Å². The summed E-state index contributed by atoms with van der Waals surface area (Å²) < 4.78 is 7.30. The highest BCUT2D eigenvalue weighted by molar-refractivity contribution is 5.57. The summed E-state index contributed by atoms with van der Waals surface area (Å²) in [6.45, 7) is 5.79. The third kappa shape index (κ3) is 2.89. The fourth-order valence-corrected chi connectivity index (χ4v) is 3.06. The molecular formula is C16H24N4O. The number of hydrogen-bond donors (Lipinski definition) is 1. The molecule has 21 heavy (non-hydrogen) atoms. The molecular weight excluding hydrogens is 264 g/mol. The van der Waals surface area contributed by atoms with Crippen molar-refractivity contribution in [3.8, 4) is 0 Å². The lowest BCUT2D eigenvalue weighted by molar-refractivity contribution is 0.199. The number of methoxy groups -OCH3 is 1. The molecule has 0 saturated carbocycles. The molecule has 1 aliphatic heterocycles. The molecule has 2 aromatic heterocycles. The Kier molecular flexibility index (Phi) is 4.41. The highest BCUT2D eigenvalue weighted by Gasteiger charge is 2.25. The van der Waals surface area contributed by atoms with E-state index in [4.69, 9.17) is 9.72 Å². The molecule has 0 radical (unpaired) electrons. The van der Waals surface area contributed by atoms with Gasteiger partial charge in [0.25, 0.3) is 0 Å². The Hall–Kier alpha value is -1.59. The monoisotopic (exact) mass is 288 g/mol. The molecule has 1 aliphatic rings. The molecule has 1 unspecified atom stereocenters. The van der Waals surface area contributed by atoms with Gasteiger partial charge in [0.1, 0.15) is 5.65 Å². The Morgan fingerprint density at radius 2 is 2.33 bits per heavy atom. The molecule has 1 atom stereocenters. The van der Waals surface area contributed by atoms with E-state index in [-0.39, 0.29) is 0 Å². The van der Waals surface area contributed by atoms with Crippen molar-refractivity contribution in [2.75, 3.05) is 31.7 Å². The van der Waals surface area contributed by atoms with Crippen molar-refractivity contribution < 1.29 is 4.74 Å². The summed E-state index contributed by atoms with van der Waals surface area (Å²) in [5.41, 5.74) is 2.27. The van der Waals surface area contributed by atoms with E-state index < -0.39 is 0 Å². The van der Waals surface area contributed by atoms with Gasteiger partial charge in [-0.15, -0.1) is 0 Å². The zero-order valence-electron chi connectivity index (χ0n) is 12.9. The number of nitrogens with one attached hydrogen (secondary N) is 1. The molecule has 0 aliphatic carbocycles. The summed E-state index contributed by atoms with van der Waals surface area (Å²) in [6, 6.07) is 6.75. The Bertz CT molecular complexity index is 595. The number of aromatic nitrogens is 2. The third-order valence-corrected chi connectivity index (χ3v) is 4.21. The number of ether oxygens (including phenoxy) is 1. The largest absolute Gasteiger partial charge is 0.383 e. The average molecular weight is 288 g/mol. The van der Waals surface area contributed by atoms with Crippen LogP contribution in [0, 0.1) is 0 Å². The van der Waals surface area contributed by atoms with Crippen LogP contribution in [-0.2, 0) is 11.3 Å². The molecule has 1 fully saturated rings. The first-order valence-electron chi connectivity index (χ1n) is 7.73. The van der Waals surface area contributed by atoms with Gasteiger partial charge in [0, 0.05) is 39.0 Å². The van der Waals surface area contributed by atoms with Gasteiger partial charge in [0.15, 0.2) is 5.82 Å². The lowest BCUT2D eigenvalue weighted by atomic mass is 10.2. The van der Waals surface area contributed by atoms with Gasteiger partial charge in [-0.3, -0.25) is 0 Å². The Labute approximate surface area is 125 Å². The highest BCUT2D eigenvalue weighted by atomic mass is 16.5. The van der Waals surface area contributed by atoms with Crippen LogP contribution < -0.4 is 10.2 Å². The summed E-state index contributed by atoms with van der Waals surface area (Å²) in [5, 5.41) is 3.45. The maximum absolute atomic E-state index is 5.10. The summed E-state index contributed by atoms with van der Waals surface area (Å²) >= 11 is 0. The molecule has 3 heterocycles. The molecule has 2 aromatic rings. The van der Waals surface area contributed by atoms with Crippen LogP contribution in [0.3, 0.4) is 0 Å². The van der Waals surface area contributed by atoms with Gasteiger partial charge in [-0.05, 0) is 31.9 Å². The lowest BCUT2D eigenvalue weighted by Crippen LogP contribution is -2.29. The van der Waals surface area contributed by atoms with Crippen molar-refractivity contribution in [2.24, 2.45) is 0 Å². The summed E-state index contributed by atoms with van der Waals surface area (Å²) in [4.78, 5) is 7.31. The van der Waals surface area contributed by atoms with Crippen molar-refractivity contribution in [3.63, 3.8) is 0 Å². The quantitative estimate of drug-likeness (QED) is 0.826. The fourth-order valence-electron chi connectivity index (χ4n) is 3.06. The molecule has 114 valence electrons. The third-order valence-electron chi connectivity index (χ3n) is 4.21. The predicted molar refractivity (Wildman–Crippen MR) is 84.8 cm³/mol. The minimum Gasteiger partial charge on any atom is -0.383 e. The lowest BCUT2D eigenvalue weighted by Gasteiger charge is -2.22. The summed E-state index contributed by atoms with van der Waals surface area (Å²) in [6.07, 6.45) is 4.61. The number of pyridine rings is 1. The van der Waals surface area contributed by atoms with Gasteiger partial charge in [0.2, 0.25) is 0 Å². The molecule has 0 bridgehead atoms. The number of imidazole rings is 1. The maximum Gasteiger partial charge on any atom is 0.152 e. The second kappa shape index (κ2) is 6.45. The van der Waals surface area contributed by atoms with Crippen LogP contribution in [0.25, 0.3) is 5.65 Å². The molecule has 0 aromatic carbocycles. The van der Waals surface area contributed by atoms with E-state index in [9.17, 15) is 0 Å². The number of rotatable bonds is 6. The Morgan fingerprint density at radius 1 is 1.43 bits per heavy atom. The van der Waals surface area contributed by atoms with E-state index in [1.165, 1.54) is 18.5 Å². The molecule has 0 amide bonds. The van der Waals surface area contributed by atoms with Crippen LogP contribution in [0.15, 0.2) is 24.4 Å². The normalized spacial score (nSPS) is 18.8. The van der Waals surface area contributed by atoms with Crippen molar-refractivity contribution >= 4 is 11.5 Å². The van der Waals surface area contributed by atoms with Gasteiger partial charge in [-0.1, -0.05) is 6.07 Å². The number of anilines is 1. The van der Waals surface area contributed by atoms with Crippen molar-refractivity contribution in [1.29, 1.82) is 0 Å². The van der Waals surface area contributed by atoms with Crippen LogP contribution in [-0.4, -0.2) is 42.2 Å². The van der Waals surface area contributed by atoms with Crippen LogP contribution in [0.5, 0.6) is 0 Å². The van der Waals surface area contributed by atoms with E-state index in [0.717, 1.165) is 37.7 Å². The van der Waals surface area contributed by atoms with Crippen LogP contribution >= 0.6 is 0 Å². The molecule has 3 rings (SSSR count). The first-order chi connectivity index (χ1) is 10.3. The Morgan fingerprint density at radius 3 is 3.10 bits per heavy atom. The first-order valence-corrected chi connectivity index (χ1v) is 7.73. The van der Waals surface area contributed by atoms with Gasteiger partial charge >= 0.3 is 0 Å². The number of hydrogen-bond acceptors (Lipinski definition) is 4. The zero-order chi connectivity index (χ0) is 14.7. The van der Waals surface area contributed by atoms with Crippen LogP contribution in [0.1, 0.15) is 25.5 Å². The van der Waals surface area contributed by atoms with Gasteiger partial charge < -0.3 is 19.4 Å². The minimum atomic E-state index is 0.577.